The maximum absolute atomic E-state index is 2.58. The second kappa shape index (κ2) is 11.9. The molecule has 8 rings (SSSR count). The average molecular weight is 695 g/mol. The summed E-state index contributed by atoms with van der Waals surface area (Å²) < 4.78 is 0. The second-order valence-corrected chi connectivity index (χ2v) is 19.6. The lowest BCUT2D eigenvalue weighted by Crippen LogP contribution is -2.61. The Labute approximate surface area is 319 Å². The topological polar surface area (TPSA) is 6.48 Å². The van der Waals surface area contributed by atoms with E-state index in [4.69, 9.17) is 0 Å². The van der Waals surface area contributed by atoms with Crippen molar-refractivity contribution in [2.75, 3.05) is 9.80 Å². The Balaban J connectivity index is 1.52. The Hall–Kier alpha value is -4.76. The first kappa shape index (κ1) is 35.3. The van der Waals surface area contributed by atoms with E-state index in [1.54, 1.807) is 0 Å². The molecule has 0 aliphatic carbocycles. The molecular formula is C50H55BN2. The number of fused-ring (bicyclic) bond motifs is 6. The average Bonchev–Trinajstić information content (AvgIpc) is 3.09. The molecule has 2 aliphatic heterocycles. The van der Waals surface area contributed by atoms with E-state index in [9.17, 15) is 0 Å². The van der Waals surface area contributed by atoms with Crippen LogP contribution < -0.4 is 26.2 Å². The smallest absolute Gasteiger partial charge is 0.252 e. The van der Waals surface area contributed by atoms with Crippen molar-refractivity contribution in [3.63, 3.8) is 0 Å². The lowest BCUT2D eigenvalue weighted by molar-refractivity contribution is 0.590. The van der Waals surface area contributed by atoms with Crippen LogP contribution in [0.1, 0.15) is 105 Å². The zero-order valence-corrected chi connectivity index (χ0v) is 33.9. The van der Waals surface area contributed by atoms with E-state index in [1.165, 1.54) is 83.5 Å². The minimum atomic E-state index is -0.0461. The largest absolute Gasteiger partial charge is 0.311 e. The van der Waals surface area contributed by atoms with Crippen molar-refractivity contribution in [1.29, 1.82) is 0 Å². The van der Waals surface area contributed by atoms with E-state index in [0.29, 0.717) is 0 Å². The molecule has 2 nitrogen and oxygen atoms in total. The molecule has 0 unspecified atom stereocenters. The molecule has 0 radical (unpaired) electrons. The summed E-state index contributed by atoms with van der Waals surface area (Å²) in [5.74, 6) is 0. The van der Waals surface area contributed by atoms with Gasteiger partial charge in [0.25, 0.3) is 6.71 Å². The Bertz CT molecular complexity index is 2390. The zero-order valence-electron chi connectivity index (χ0n) is 33.9. The lowest BCUT2D eigenvalue weighted by atomic mass is 9.32. The van der Waals surface area contributed by atoms with Crippen LogP contribution in [-0.2, 0) is 21.7 Å². The minimum Gasteiger partial charge on any atom is -0.311 e. The maximum atomic E-state index is 2.58. The van der Waals surface area contributed by atoms with Gasteiger partial charge in [-0.1, -0.05) is 150 Å². The summed E-state index contributed by atoms with van der Waals surface area (Å²) in [6.45, 7) is 28.0. The molecule has 2 heterocycles. The first-order chi connectivity index (χ1) is 24.8. The quantitative estimate of drug-likeness (QED) is 0.166. The Morgan fingerprint density at radius 3 is 1.53 bits per heavy atom. The van der Waals surface area contributed by atoms with Crippen molar-refractivity contribution >= 4 is 68.0 Å². The Kier molecular flexibility index (Phi) is 7.90. The fraction of sp³-hybridized carbons (Fsp3) is 0.320. The van der Waals surface area contributed by atoms with Crippen LogP contribution in [0.4, 0.5) is 34.1 Å². The maximum Gasteiger partial charge on any atom is 0.252 e. The van der Waals surface area contributed by atoms with Crippen molar-refractivity contribution < 1.29 is 0 Å². The molecule has 6 aromatic rings. The normalized spacial score (nSPS) is 14.3. The molecule has 0 fully saturated rings. The molecule has 0 saturated heterocycles. The van der Waals surface area contributed by atoms with Crippen LogP contribution in [0.5, 0.6) is 0 Å². The minimum absolute atomic E-state index is 0.00307. The van der Waals surface area contributed by atoms with Gasteiger partial charge in [0.05, 0.1) is 0 Å². The van der Waals surface area contributed by atoms with Crippen molar-refractivity contribution in [2.24, 2.45) is 0 Å². The van der Waals surface area contributed by atoms with Gasteiger partial charge in [-0.2, -0.15) is 0 Å². The predicted molar refractivity (Wildman–Crippen MR) is 233 cm³/mol. The van der Waals surface area contributed by atoms with Gasteiger partial charge in [-0.3, -0.25) is 0 Å². The fourth-order valence-corrected chi connectivity index (χ4v) is 8.67. The first-order valence-corrected chi connectivity index (χ1v) is 19.5. The highest BCUT2D eigenvalue weighted by atomic mass is 15.2. The van der Waals surface area contributed by atoms with Gasteiger partial charge in [-0.25, -0.2) is 0 Å². The first-order valence-electron chi connectivity index (χ1n) is 19.5. The number of anilines is 6. The highest BCUT2D eigenvalue weighted by molar-refractivity contribution is 7.01. The highest BCUT2D eigenvalue weighted by Crippen LogP contribution is 2.47. The van der Waals surface area contributed by atoms with Crippen molar-refractivity contribution in [2.45, 2.75) is 105 Å². The number of rotatable bonds is 2. The highest BCUT2D eigenvalue weighted by Gasteiger charge is 2.45. The summed E-state index contributed by atoms with van der Waals surface area (Å²) in [4.78, 5) is 5.12. The van der Waals surface area contributed by atoms with E-state index in [0.717, 1.165) is 0 Å². The van der Waals surface area contributed by atoms with Gasteiger partial charge in [0.15, 0.2) is 0 Å². The van der Waals surface area contributed by atoms with E-state index >= 15 is 0 Å². The molecule has 0 N–H and O–H groups in total. The Morgan fingerprint density at radius 1 is 0.377 bits per heavy atom. The molecule has 0 bridgehead atoms. The molecule has 0 saturated carbocycles. The summed E-state index contributed by atoms with van der Waals surface area (Å²) in [7, 11) is 0. The number of benzene rings is 6. The van der Waals surface area contributed by atoms with Crippen molar-refractivity contribution in [3.8, 4) is 0 Å². The third-order valence-electron chi connectivity index (χ3n) is 11.6. The fourth-order valence-electron chi connectivity index (χ4n) is 8.67. The zero-order chi connectivity index (χ0) is 37.8. The van der Waals surface area contributed by atoms with Crippen LogP contribution in [0.3, 0.4) is 0 Å². The molecular weight excluding hydrogens is 639 g/mol. The van der Waals surface area contributed by atoms with Crippen LogP contribution >= 0.6 is 0 Å². The molecule has 0 atom stereocenters. The van der Waals surface area contributed by atoms with Gasteiger partial charge in [0, 0.05) is 34.1 Å². The lowest BCUT2D eigenvalue weighted by Gasteiger charge is -2.45. The van der Waals surface area contributed by atoms with Crippen LogP contribution in [0, 0.1) is 0 Å². The molecule has 2 aliphatic rings. The summed E-state index contributed by atoms with van der Waals surface area (Å²) >= 11 is 0. The van der Waals surface area contributed by atoms with Crippen molar-refractivity contribution in [1.82, 2.24) is 0 Å². The number of hydrogen-bond acceptors (Lipinski definition) is 2. The molecule has 268 valence electrons. The van der Waals surface area contributed by atoms with Crippen LogP contribution in [0.25, 0.3) is 10.8 Å². The van der Waals surface area contributed by atoms with Gasteiger partial charge < -0.3 is 9.80 Å². The van der Waals surface area contributed by atoms with Crippen LogP contribution in [-0.4, -0.2) is 6.71 Å². The van der Waals surface area contributed by atoms with E-state index in [1.807, 2.05) is 0 Å². The monoisotopic (exact) mass is 694 g/mol. The van der Waals surface area contributed by atoms with E-state index in [-0.39, 0.29) is 28.4 Å². The predicted octanol–water partition coefficient (Wildman–Crippen LogP) is 12.1. The molecule has 0 aromatic heterocycles. The van der Waals surface area contributed by atoms with Crippen LogP contribution in [0.2, 0.25) is 0 Å². The molecule has 53 heavy (non-hydrogen) atoms. The summed E-state index contributed by atoms with van der Waals surface area (Å²) in [5, 5.41) is 2.68. The third-order valence-corrected chi connectivity index (χ3v) is 11.6. The van der Waals surface area contributed by atoms with E-state index < -0.39 is 0 Å². The number of hydrogen-bond donors (Lipinski definition) is 0. The van der Waals surface area contributed by atoms with Gasteiger partial charge in [-0.15, -0.1) is 0 Å². The SMILES string of the molecule is CC(C)(C)c1ccc(N2c3ccc(C(C)(C)C)cc3B3c4c2cccc4N(c2cccc(C(C)(C)C)c2)c2cc(C(C)(C)C)c4ccccc4c23)cc1. The molecule has 6 aromatic carbocycles. The van der Waals surface area contributed by atoms with Crippen LogP contribution in [0.15, 0.2) is 115 Å². The van der Waals surface area contributed by atoms with Gasteiger partial charge in [0.1, 0.15) is 0 Å². The van der Waals surface area contributed by atoms with Gasteiger partial charge in [0.2, 0.25) is 0 Å². The summed E-state index contributed by atoms with van der Waals surface area (Å²) in [6.07, 6.45) is 0. The standard InChI is InChI=1S/C50H55BN2/c1-47(2,3)32-23-26-35(27-24-32)52-41-28-25-34(49(7,8)9)30-40(41)51-45-38-20-14-13-19-37(38)39(50(10,11)12)31-44(45)53(43-22-16-21-42(52)46(43)51)36-18-15-17-33(29-36)48(4,5)6/h13-31H,1-12H3. The van der Waals surface area contributed by atoms with E-state index in [2.05, 4.69) is 208 Å². The molecule has 0 amide bonds. The summed E-state index contributed by atoms with van der Waals surface area (Å²) in [5.41, 5.74) is 17.0. The van der Waals surface area contributed by atoms with Gasteiger partial charge >= 0.3 is 0 Å². The Morgan fingerprint density at radius 2 is 0.925 bits per heavy atom. The molecule has 0 spiro atoms. The summed E-state index contributed by atoms with van der Waals surface area (Å²) in [6, 6.07) is 44.5. The second-order valence-electron chi connectivity index (χ2n) is 19.6. The third kappa shape index (κ3) is 5.79. The molecule has 3 heteroatoms. The van der Waals surface area contributed by atoms with Gasteiger partial charge in [-0.05, 0) is 120 Å². The van der Waals surface area contributed by atoms with Crippen molar-refractivity contribution in [3.05, 3.63) is 138 Å². The number of nitrogens with zero attached hydrogens (tertiary/aromatic N) is 2.